The van der Waals surface area contributed by atoms with Gasteiger partial charge in [0.2, 0.25) is 11.8 Å². The van der Waals surface area contributed by atoms with Gasteiger partial charge in [0.1, 0.15) is 0 Å². The van der Waals surface area contributed by atoms with Gasteiger partial charge in [0.15, 0.2) is 0 Å². The van der Waals surface area contributed by atoms with E-state index in [0.29, 0.717) is 51.6 Å². The molecule has 0 aliphatic heterocycles. The third-order valence-corrected chi connectivity index (χ3v) is 8.25. The van der Waals surface area contributed by atoms with Crippen molar-refractivity contribution in [3.8, 4) is 0 Å². The number of amides is 2. The van der Waals surface area contributed by atoms with E-state index < -0.39 is 11.9 Å². The summed E-state index contributed by atoms with van der Waals surface area (Å²) in [5.74, 6) is -1.71. The van der Waals surface area contributed by atoms with E-state index in [0.717, 1.165) is 77.0 Å². The SMILES string of the molecule is CCC=CCC=CCC=CCC=CCC=CCC=CCCC(=O)NCCC(CCNC(=O)CCC=CCC=CCC=CCC=CCC=CCC=CCC)C(=O)O. The van der Waals surface area contributed by atoms with Crippen LogP contribution in [0.5, 0.6) is 0 Å². The van der Waals surface area contributed by atoms with Crippen LogP contribution in [0.4, 0.5) is 0 Å². The number of allylic oxidation sites excluding steroid dienone is 24. The Balaban J connectivity index is 3.90. The van der Waals surface area contributed by atoms with Gasteiger partial charge in [0, 0.05) is 25.9 Å². The predicted octanol–water partition coefficient (Wildman–Crippen LogP) is 12.7. The number of hydrogen-bond donors (Lipinski definition) is 3. The highest BCUT2D eigenvalue weighted by molar-refractivity contribution is 5.76. The zero-order chi connectivity index (χ0) is 40.8. The van der Waals surface area contributed by atoms with Crippen molar-refractivity contribution in [2.45, 2.75) is 129 Å². The summed E-state index contributed by atoms with van der Waals surface area (Å²) >= 11 is 0. The van der Waals surface area contributed by atoms with Crippen molar-refractivity contribution in [2.75, 3.05) is 13.1 Å². The Labute approximate surface area is 341 Å². The van der Waals surface area contributed by atoms with E-state index in [1.165, 1.54) is 0 Å². The van der Waals surface area contributed by atoms with E-state index in [1.807, 2.05) is 12.2 Å². The molecule has 56 heavy (non-hydrogen) atoms. The molecule has 0 fully saturated rings. The Morgan fingerprint density at radius 1 is 0.393 bits per heavy atom. The van der Waals surface area contributed by atoms with Crippen LogP contribution in [-0.2, 0) is 14.4 Å². The van der Waals surface area contributed by atoms with Gasteiger partial charge in [-0.3, -0.25) is 14.4 Å². The molecule has 0 aromatic heterocycles. The second kappa shape index (κ2) is 43.0. The zero-order valence-corrected chi connectivity index (χ0v) is 34.7. The molecule has 2 amide bonds. The molecule has 3 N–H and O–H groups in total. The van der Waals surface area contributed by atoms with Crippen LogP contribution in [0.1, 0.15) is 129 Å². The maximum atomic E-state index is 12.2. The minimum absolute atomic E-state index is 0.0867. The monoisotopic (exact) mass is 767 g/mol. The van der Waals surface area contributed by atoms with Crippen LogP contribution in [0.2, 0.25) is 0 Å². The van der Waals surface area contributed by atoms with Gasteiger partial charge in [-0.25, -0.2) is 0 Å². The lowest BCUT2D eigenvalue weighted by molar-refractivity contribution is -0.142. The van der Waals surface area contributed by atoms with Crippen molar-refractivity contribution in [2.24, 2.45) is 5.92 Å². The van der Waals surface area contributed by atoms with Gasteiger partial charge in [-0.15, -0.1) is 0 Å². The minimum atomic E-state index is -0.913. The Morgan fingerprint density at radius 2 is 0.625 bits per heavy atom. The number of carbonyl (C=O) groups is 3. The first-order chi connectivity index (χ1) is 27.5. The van der Waals surface area contributed by atoms with Crippen LogP contribution in [-0.4, -0.2) is 36.0 Å². The van der Waals surface area contributed by atoms with E-state index in [-0.39, 0.29) is 11.8 Å². The molecule has 0 bridgehead atoms. The average Bonchev–Trinajstić information content (AvgIpc) is 3.19. The van der Waals surface area contributed by atoms with Crippen LogP contribution < -0.4 is 10.6 Å². The number of nitrogens with one attached hydrogen (secondary N) is 2. The first-order valence-corrected chi connectivity index (χ1v) is 21.1. The summed E-state index contributed by atoms with van der Waals surface area (Å²) in [6.07, 6.45) is 65.8. The Bertz CT molecular complexity index is 1250. The molecule has 0 saturated carbocycles. The fraction of sp³-hybridized carbons (Fsp3) is 0.460. The molecule has 0 atom stereocenters. The van der Waals surface area contributed by atoms with Crippen molar-refractivity contribution in [1.82, 2.24) is 10.6 Å². The fourth-order valence-electron chi connectivity index (χ4n) is 5.05. The van der Waals surface area contributed by atoms with E-state index in [2.05, 4.69) is 158 Å². The van der Waals surface area contributed by atoms with Gasteiger partial charge >= 0.3 is 5.97 Å². The highest BCUT2D eigenvalue weighted by Crippen LogP contribution is 2.08. The average molecular weight is 767 g/mol. The van der Waals surface area contributed by atoms with Crippen molar-refractivity contribution in [3.05, 3.63) is 146 Å². The number of carboxylic acid groups (broad SMARTS) is 1. The van der Waals surface area contributed by atoms with Crippen LogP contribution >= 0.6 is 0 Å². The number of hydrogen-bond acceptors (Lipinski definition) is 3. The summed E-state index contributed by atoms with van der Waals surface area (Å²) < 4.78 is 0. The molecule has 0 radical (unpaired) electrons. The largest absolute Gasteiger partial charge is 0.481 e. The summed E-state index contributed by atoms with van der Waals surface area (Å²) in [5.41, 5.74) is 0. The maximum absolute atomic E-state index is 12.2. The molecule has 0 spiro atoms. The third kappa shape index (κ3) is 40.5. The lowest BCUT2D eigenvalue weighted by atomic mass is 10.0. The highest BCUT2D eigenvalue weighted by atomic mass is 16.4. The second-order valence-corrected chi connectivity index (χ2v) is 13.2. The van der Waals surface area contributed by atoms with E-state index in [9.17, 15) is 19.5 Å². The zero-order valence-electron chi connectivity index (χ0n) is 34.7. The summed E-state index contributed by atoms with van der Waals surface area (Å²) in [6.45, 7) is 4.89. The van der Waals surface area contributed by atoms with Gasteiger partial charge in [-0.2, -0.15) is 0 Å². The van der Waals surface area contributed by atoms with Crippen LogP contribution in [0.3, 0.4) is 0 Å². The molecule has 308 valence electrons. The van der Waals surface area contributed by atoms with Crippen LogP contribution in [0.25, 0.3) is 0 Å². The maximum Gasteiger partial charge on any atom is 0.306 e. The Morgan fingerprint density at radius 3 is 0.857 bits per heavy atom. The van der Waals surface area contributed by atoms with Crippen molar-refractivity contribution >= 4 is 17.8 Å². The number of rotatable bonds is 35. The van der Waals surface area contributed by atoms with Crippen molar-refractivity contribution in [1.29, 1.82) is 0 Å². The predicted molar refractivity (Wildman–Crippen MR) is 241 cm³/mol. The van der Waals surface area contributed by atoms with Crippen molar-refractivity contribution < 1.29 is 19.5 Å². The van der Waals surface area contributed by atoms with E-state index >= 15 is 0 Å². The fourth-order valence-corrected chi connectivity index (χ4v) is 5.05. The number of aliphatic carboxylic acids is 1. The third-order valence-electron chi connectivity index (χ3n) is 8.25. The Kier molecular flexibility index (Phi) is 39.4. The van der Waals surface area contributed by atoms with Crippen molar-refractivity contribution in [3.63, 3.8) is 0 Å². The van der Waals surface area contributed by atoms with Crippen LogP contribution in [0.15, 0.2) is 146 Å². The quantitative estimate of drug-likeness (QED) is 0.0560. The number of carbonyl (C=O) groups excluding carboxylic acids is 2. The molecular weight excluding hydrogens is 693 g/mol. The van der Waals surface area contributed by atoms with Gasteiger partial charge in [0.05, 0.1) is 5.92 Å². The number of carboxylic acids is 1. The van der Waals surface area contributed by atoms with Gasteiger partial charge in [0.25, 0.3) is 0 Å². The summed E-state index contributed by atoms with van der Waals surface area (Å²) in [7, 11) is 0. The normalized spacial score (nSPS) is 13.6. The topological polar surface area (TPSA) is 95.5 Å². The second-order valence-electron chi connectivity index (χ2n) is 13.2. The first-order valence-electron chi connectivity index (χ1n) is 21.1. The molecule has 0 saturated heterocycles. The molecule has 0 aromatic rings. The molecular formula is C50H74N2O4. The molecule has 0 aliphatic rings. The highest BCUT2D eigenvalue weighted by Gasteiger charge is 2.17. The summed E-state index contributed by atoms with van der Waals surface area (Å²) in [6, 6.07) is 0. The molecule has 6 nitrogen and oxygen atoms in total. The molecule has 0 unspecified atom stereocenters. The molecule has 0 heterocycles. The smallest absolute Gasteiger partial charge is 0.306 e. The lowest BCUT2D eigenvalue weighted by Crippen LogP contribution is -2.30. The standard InChI is InChI=1S/C50H74N2O4/c1-3-5-7-9-11-13-15-17-19-21-23-25-27-29-31-33-35-37-39-41-48(53)51-45-43-47(50(55)56)44-46-52-49(54)42-40-38-36-34-32-30-28-26-24-22-20-18-16-14-12-10-8-6-4-2/h5-8,11-14,17-20,23-26,29-32,35-38,47H,3-4,9-10,15-16,21-22,27-28,33-34,39-46H2,1-2H3,(H,51,53)(H,52,54)(H,55,56). The minimum Gasteiger partial charge on any atom is -0.481 e. The Hall–Kier alpha value is -4.71. The lowest BCUT2D eigenvalue weighted by Gasteiger charge is -2.13. The van der Waals surface area contributed by atoms with Gasteiger partial charge < -0.3 is 15.7 Å². The molecule has 0 aromatic carbocycles. The van der Waals surface area contributed by atoms with Crippen LogP contribution in [0, 0.1) is 5.92 Å². The van der Waals surface area contributed by atoms with Gasteiger partial charge in [-0.1, -0.05) is 160 Å². The molecule has 6 heteroatoms. The summed E-state index contributed by atoms with van der Waals surface area (Å²) in [4.78, 5) is 36.1. The summed E-state index contributed by atoms with van der Waals surface area (Å²) in [5, 5.41) is 15.2. The molecule has 0 rings (SSSR count). The molecule has 0 aliphatic carbocycles. The van der Waals surface area contributed by atoms with Gasteiger partial charge in [-0.05, 0) is 103 Å². The van der Waals surface area contributed by atoms with E-state index in [1.54, 1.807) is 0 Å². The van der Waals surface area contributed by atoms with E-state index in [4.69, 9.17) is 0 Å². The first kappa shape index (κ1) is 51.3.